The number of carboxylic acids is 1. The topological polar surface area (TPSA) is 70.2 Å². The average molecular weight is 248 g/mol. The normalized spacial score (nSPS) is 11.5. The van der Waals surface area contributed by atoms with Gasteiger partial charge in [-0.05, 0) is 13.0 Å². The van der Waals surface area contributed by atoms with Crippen molar-refractivity contribution in [3.8, 4) is 0 Å². The minimum atomic E-state index is -1.09. The lowest BCUT2D eigenvalue weighted by Gasteiger charge is -2.00. The Morgan fingerprint density at radius 2 is 2.13 bits per heavy atom. The van der Waals surface area contributed by atoms with E-state index in [0.29, 0.717) is 0 Å². The van der Waals surface area contributed by atoms with Crippen LogP contribution in [-0.4, -0.2) is 16.1 Å². The number of aliphatic carboxylic acids is 1. The Morgan fingerprint density at radius 3 is 2.67 bits per heavy atom. The molecule has 0 saturated heterocycles. The zero-order valence-electron chi connectivity index (χ0n) is 7.67. The number of rotatable bonds is 2. The molecule has 1 heterocycles. The van der Waals surface area contributed by atoms with Crippen LogP contribution in [0.15, 0.2) is 16.4 Å². The molecule has 6 heteroatoms. The van der Waals surface area contributed by atoms with Crippen LogP contribution in [-0.2, 0) is 4.79 Å². The molecule has 0 spiro atoms. The first-order valence-electron chi connectivity index (χ1n) is 3.91. The highest BCUT2D eigenvalue weighted by Crippen LogP contribution is 2.15. The van der Waals surface area contributed by atoms with Gasteiger partial charge in [0.2, 0.25) is 5.43 Å². The molecular formula is C9H7Cl2NO3. The Balaban J connectivity index is 3.33. The second-order valence-corrected chi connectivity index (χ2v) is 3.63. The molecule has 1 aromatic rings. The number of aromatic nitrogens is 1. The fourth-order valence-corrected chi connectivity index (χ4v) is 1.27. The Hall–Kier alpha value is -1.26. The maximum absolute atomic E-state index is 11.2. The molecular weight excluding hydrogens is 241 g/mol. The predicted octanol–water partition coefficient (Wildman–Crippen LogP) is 2.17. The van der Waals surface area contributed by atoms with Gasteiger partial charge in [-0.2, -0.15) is 0 Å². The smallest absolute Gasteiger partial charge is 0.331 e. The maximum Gasteiger partial charge on any atom is 0.331 e. The molecule has 0 amide bonds. The van der Waals surface area contributed by atoms with Crippen molar-refractivity contribution in [2.24, 2.45) is 0 Å². The van der Waals surface area contributed by atoms with Crippen molar-refractivity contribution < 1.29 is 9.90 Å². The van der Waals surface area contributed by atoms with E-state index < -0.39 is 11.4 Å². The summed E-state index contributed by atoms with van der Waals surface area (Å²) in [6, 6.07) is 1.12. The summed E-state index contributed by atoms with van der Waals surface area (Å²) in [5, 5.41) is 8.66. The first kappa shape index (κ1) is 11.8. The highest BCUT2D eigenvalue weighted by molar-refractivity contribution is 6.33. The van der Waals surface area contributed by atoms with Gasteiger partial charge >= 0.3 is 5.97 Å². The van der Waals surface area contributed by atoms with Gasteiger partial charge in [0.15, 0.2) is 0 Å². The number of hydrogen-bond acceptors (Lipinski definition) is 2. The van der Waals surface area contributed by atoms with E-state index in [2.05, 4.69) is 4.98 Å². The molecule has 4 nitrogen and oxygen atoms in total. The van der Waals surface area contributed by atoms with E-state index in [1.807, 2.05) is 0 Å². The van der Waals surface area contributed by atoms with Crippen LogP contribution in [0.1, 0.15) is 12.6 Å². The number of nitrogens with one attached hydrogen (secondary N) is 1. The molecule has 80 valence electrons. The zero-order valence-corrected chi connectivity index (χ0v) is 9.19. The van der Waals surface area contributed by atoms with Gasteiger partial charge in [0, 0.05) is 11.6 Å². The van der Waals surface area contributed by atoms with E-state index in [0.717, 1.165) is 6.07 Å². The van der Waals surface area contributed by atoms with Crippen LogP contribution in [0, 0.1) is 0 Å². The molecule has 0 unspecified atom stereocenters. The van der Waals surface area contributed by atoms with Gasteiger partial charge < -0.3 is 10.1 Å². The van der Waals surface area contributed by atoms with E-state index in [4.69, 9.17) is 28.3 Å². The van der Waals surface area contributed by atoms with Crippen molar-refractivity contribution >= 4 is 35.2 Å². The Labute approximate surface area is 95.1 Å². The zero-order chi connectivity index (χ0) is 11.6. The van der Waals surface area contributed by atoms with Gasteiger partial charge in [-0.15, -0.1) is 0 Å². The van der Waals surface area contributed by atoms with E-state index in [9.17, 15) is 9.59 Å². The van der Waals surface area contributed by atoms with Crippen molar-refractivity contribution in [2.45, 2.75) is 6.92 Å². The number of carboxylic acid groups (broad SMARTS) is 1. The minimum absolute atomic E-state index is 0.0508. The van der Waals surface area contributed by atoms with Crippen LogP contribution in [0.3, 0.4) is 0 Å². The molecule has 0 radical (unpaired) electrons. The summed E-state index contributed by atoms with van der Waals surface area (Å²) >= 11 is 11.3. The second-order valence-electron chi connectivity index (χ2n) is 2.84. The molecule has 0 fully saturated rings. The van der Waals surface area contributed by atoms with Crippen molar-refractivity contribution in [3.63, 3.8) is 0 Å². The molecule has 1 rings (SSSR count). The number of H-pyrrole nitrogens is 1. The molecule has 0 aliphatic rings. The molecule has 2 N–H and O–H groups in total. The summed E-state index contributed by atoms with van der Waals surface area (Å²) in [7, 11) is 0. The number of carbonyl (C=O) groups is 1. The van der Waals surface area contributed by atoms with Crippen LogP contribution < -0.4 is 5.43 Å². The van der Waals surface area contributed by atoms with Gasteiger partial charge in [-0.3, -0.25) is 4.79 Å². The number of hydrogen-bond donors (Lipinski definition) is 2. The summed E-state index contributed by atoms with van der Waals surface area (Å²) in [5.74, 6) is -1.09. The molecule has 0 bridgehead atoms. The first-order chi connectivity index (χ1) is 6.91. The third kappa shape index (κ3) is 2.84. The van der Waals surface area contributed by atoms with E-state index in [1.165, 1.54) is 13.0 Å². The predicted molar refractivity (Wildman–Crippen MR) is 58.4 cm³/mol. The lowest BCUT2D eigenvalue weighted by atomic mass is 10.2. The lowest BCUT2D eigenvalue weighted by molar-refractivity contribution is -0.132. The van der Waals surface area contributed by atoms with Gasteiger partial charge in [-0.25, -0.2) is 4.79 Å². The van der Waals surface area contributed by atoms with Crippen LogP contribution in [0.25, 0.3) is 6.08 Å². The second kappa shape index (κ2) is 4.51. The molecule has 0 aliphatic heterocycles. The first-order valence-corrected chi connectivity index (χ1v) is 4.67. The van der Waals surface area contributed by atoms with E-state index in [1.54, 1.807) is 0 Å². The number of pyridine rings is 1. The fourth-order valence-electron chi connectivity index (χ4n) is 0.908. The van der Waals surface area contributed by atoms with Crippen molar-refractivity contribution in [3.05, 3.63) is 37.7 Å². The van der Waals surface area contributed by atoms with Crippen LogP contribution in [0.2, 0.25) is 10.2 Å². The van der Waals surface area contributed by atoms with Crippen LogP contribution in [0.4, 0.5) is 0 Å². The van der Waals surface area contributed by atoms with Crippen LogP contribution in [0.5, 0.6) is 0 Å². The minimum Gasteiger partial charge on any atom is -0.478 e. The quantitative estimate of drug-likeness (QED) is 0.622. The van der Waals surface area contributed by atoms with Gasteiger partial charge in [-0.1, -0.05) is 23.2 Å². The fraction of sp³-hybridized carbons (Fsp3) is 0.111. The molecule has 15 heavy (non-hydrogen) atoms. The third-order valence-electron chi connectivity index (χ3n) is 1.66. The van der Waals surface area contributed by atoms with Gasteiger partial charge in [0.05, 0.1) is 5.69 Å². The third-order valence-corrected chi connectivity index (χ3v) is 2.26. The lowest BCUT2D eigenvalue weighted by Crippen LogP contribution is -2.05. The van der Waals surface area contributed by atoms with Gasteiger partial charge in [0.1, 0.15) is 10.2 Å². The average Bonchev–Trinajstić information content (AvgIpc) is 2.13. The highest BCUT2D eigenvalue weighted by atomic mass is 35.5. The summed E-state index contributed by atoms with van der Waals surface area (Å²) in [5.41, 5.74) is -0.214. The Morgan fingerprint density at radius 1 is 1.53 bits per heavy atom. The van der Waals surface area contributed by atoms with Crippen LogP contribution >= 0.6 is 23.2 Å². The monoisotopic (exact) mass is 247 g/mol. The van der Waals surface area contributed by atoms with Gasteiger partial charge in [0.25, 0.3) is 0 Å². The van der Waals surface area contributed by atoms with Crippen molar-refractivity contribution in [1.82, 2.24) is 4.98 Å². The molecule has 0 saturated carbocycles. The Kier molecular flexibility index (Phi) is 3.55. The van der Waals surface area contributed by atoms with E-state index >= 15 is 0 Å². The maximum atomic E-state index is 11.2. The summed E-state index contributed by atoms with van der Waals surface area (Å²) < 4.78 is 0. The molecule has 1 aromatic heterocycles. The standard InChI is InChI=1S/C9H7Cl2NO3/c1-4(9(14)15)2-5-8(11)6(13)3-7(10)12-5/h2-3H,1H3,(H,12,13)(H,14,15)/b4-2+. The number of halogens is 2. The molecule has 0 aromatic carbocycles. The highest BCUT2D eigenvalue weighted by Gasteiger charge is 2.07. The number of aromatic amines is 1. The summed E-state index contributed by atoms with van der Waals surface area (Å²) in [6.45, 7) is 1.39. The van der Waals surface area contributed by atoms with Crippen molar-refractivity contribution in [2.75, 3.05) is 0 Å². The SMILES string of the molecule is C/C(=C\c1[nH]c(Cl)cc(=O)c1Cl)C(=O)O. The summed E-state index contributed by atoms with van der Waals surface area (Å²) in [6.07, 6.45) is 1.25. The van der Waals surface area contributed by atoms with Crippen molar-refractivity contribution in [1.29, 1.82) is 0 Å². The van der Waals surface area contributed by atoms with E-state index in [-0.39, 0.29) is 21.4 Å². The summed E-state index contributed by atoms with van der Waals surface area (Å²) in [4.78, 5) is 24.3. The Bertz CT molecular complexity index is 491. The molecule has 0 atom stereocenters. The largest absolute Gasteiger partial charge is 0.478 e. The molecule has 0 aliphatic carbocycles.